The molecule has 1 atom stereocenters. The summed E-state index contributed by atoms with van der Waals surface area (Å²) in [6.07, 6.45) is 0. The monoisotopic (exact) mass is 299 g/mol. The summed E-state index contributed by atoms with van der Waals surface area (Å²) in [5.41, 5.74) is 1.86. The van der Waals surface area contributed by atoms with Gasteiger partial charge in [-0.05, 0) is 19.7 Å². The Balaban J connectivity index is 2.17. The van der Waals surface area contributed by atoms with Crippen LogP contribution in [0.1, 0.15) is 21.2 Å². The molecule has 0 aliphatic heterocycles. The first-order chi connectivity index (χ1) is 10.2. The highest BCUT2D eigenvalue weighted by Gasteiger charge is 2.22. The summed E-state index contributed by atoms with van der Waals surface area (Å²) in [6, 6.07) is 19.6. The molecule has 0 amide bonds. The van der Waals surface area contributed by atoms with Crippen molar-refractivity contribution in [3.63, 3.8) is 0 Å². The van der Waals surface area contributed by atoms with Gasteiger partial charge in [0.15, 0.2) is 5.78 Å². The third-order valence-electron chi connectivity index (χ3n) is 3.22. The predicted octanol–water partition coefficient (Wildman–Crippen LogP) is 3.91. The molecule has 0 aromatic heterocycles. The molecule has 0 heterocycles. The third-order valence-corrected chi connectivity index (χ3v) is 4.46. The fourth-order valence-corrected chi connectivity index (χ4v) is 3.40. The van der Waals surface area contributed by atoms with Gasteiger partial charge in [0.05, 0.1) is 5.25 Å². The van der Waals surface area contributed by atoms with Crippen LogP contribution < -0.4 is 0 Å². The Kier molecular flexibility index (Phi) is 6.03. The number of hydrogen-bond donors (Lipinski definition) is 0. The summed E-state index contributed by atoms with van der Waals surface area (Å²) in [6.45, 7) is 0.968. The quantitative estimate of drug-likeness (QED) is 0.723. The second-order valence-corrected chi connectivity index (χ2v) is 6.41. The van der Waals surface area contributed by atoms with Gasteiger partial charge in [0, 0.05) is 17.9 Å². The van der Waals surface area contributed by atoms with E-state index in [1.807, 2.05) is 60.7 Å². The van der Waals surface area contributed by atoms with E-state index >= 15 is 0 Å². The van der Waals surface area contributed by atoms with Gasteiger partial charge in [0.1, 0.15) is 0 Å². The predicted molar refractivity (Wildman–Crippen MR) is 91.0 cm³/mol. The van der Waals surface area contributed by atoms with E-state index in [1.54, 1.807) is 11.8 Å². The summed E-state index contributed by atoms with van der Waals surface area (Å²) in [4.78, 5) is 14.9. The lowest BCUT2D eigenvalue weighted by atomic mass is 10.0. The Hall–Kier alpha value is -1.58. The van der Waals surface area contributed by atoms with Crippen LogP contribution in [0.2, 0.25) is 0 Å². The third kappa shape index (κ3) is 4.73. The molecule has 0 aliphatic carbocycles. The highest BCUT2D eigenvalue weighted by atomic mass is 32.2. The number of thioether (sulfide) groups is 1. The fraction of sp³-hybridized carbons (Fsp3) is 0.278. The SMILES string of the molecule is CN(C)CCSC(C(=O)c1ccccc1)c1ccccc1. The lowest BCUT2D eigenvalue weighted by Gasteiger charge is -2.17. The van der Waals surface area contributed by atoms with E-state index in [2.05, 4.69) is 19.0 Å². The molecule has 21 heavy (non-hydrogen) atoms. The number of carbonyl (C=O) groups excluding carboxylic acids is 1. The summed E-state index contributed by atoms with van der Waals surface area (Å²) in [5.74, 6) is 1.12. The Labute approximate surface area is 131 Å². The molecule has 2 nitrogen and oxygen atoms in total. The van der Waals surface area contributed by atoms with E-state index in [9.17, 15) is 4.79 Å². The zero-order valence-corrected chi connectivity index (χ0v) is 13.3. The molecule has 2 aromatic rings. The molecule has 0 N–H and O–H groups in total. The van der Waals surface area contributed by atoms with Crippen LogP contribution in [-0.4, -0.2) is 37.1 Å². The van der Waals surface area contributed by atoms with Crippen molar-refractivity contribution in [3.05, 3.63) is 71.8 Å². The number of ketones is 1. The molecule has 2 rings (SSSR count). The van der Waals surface area contributed by atoms with Crippen LogP contribution >= 0.6 is 11.8 Å². The molecule has 0 spiro atoms. The summed E-state index contributed by atoms with van der Waals surface area (Å²) in [5, 5.41) is -0.131. The molecule has 3 heteroatoms. The minimum atomic E-state index is -0.131. The van der Waals surface area contributed by atoms with Crippen LogP contribution in [0.25, 0.3) is 0 Å². The first-order valence-corrected chi connectivity index (χ1v) is 8.14. The number of hydrogen-bond acceptors (Lipinski definition) is 3. The van der Waals surface area contributed by atoms with Gasteiger partial charge in [-0.25, -0.2) is 0 Å². The van der Waals surface area contributed by atoms with Crippen molar-refractivity contribution in [1.29, 1.82) is 0 Å². The van der Waals surface area contributed by atoms with Gasteiger partial charge in [-0.1, -0.05) is 60.7 Å². The van der Waals surface area contributed by atoms with E-state index in [1.165, 1.54) is 0 Å². The van der Waals surface area contributed by atoms with E-state index in [0.29, 0.717) is 0 Å². The highest BCUT2D eigenvalue weighted by molar-refractivity contribution is 8.00. The van der Waals surface area contributed by atoms with Crippen LogP contribution in [-0.2, 0) is 0 Å². The summed E-state index contributed by atoms with van der Waals surface area (Å²) in [7, 11) is 4.11. The maximum atomic E-state index is 12.8. The molecule has 110 valence electrons. The Morgan fingerprint density at radius 2 is 1.57 bits per heavy atom. The second kappa shape index (κ2) is 8.01. The van der Waals surface area contributed by atoms with Gasteiger partial charge in [-0.15, -0.1) is 11.8 Å². The molecule has 0 aliphatic rings. The van der Waals surface area contributed by atoms with E-state index in [-0.39, 0.29) is 11.0 Å². The molecule has 0 radical (unpaired) electrons. The van der Waals surface area contributed by atoms with Crippen LogP contribution in [0.4, 0.5) is 0 Å². The van der Waals surface area contributed by atoms with Gasteiger partial charge in [-0.2, -0.15) is 0 Å². The Morgan fingerprint density at radius 3 is 2.14 bits per heavy atom. The minimum Gasteiger partial charge on any atom is -0.309 e. The number of rotatable bonds is 7. The minimum absolute atomic E-state index is 0.131. The van der Waals surface area contributed by atoms with Gasteiger partial charge in [-0.3, -0.25) is 4.79 Å². The van der Waals surface area contributed by atoms with Gasteiger partial charge < -0.3 is 4.90 Å². The molecule has 0 saturated heterocycles. The average molecular weight is 299 g/mol. The van der Waals surface area contributed by atoms with Crippen molar-refractivity contribution >= 4 is 17.5 Å². The van der Waals surface area contributed by atoms with Crippen molar-refractivity contribution in [2.24, 2.45) is 0 Å². The fourth-order valence-electron chi connectivity index (χ4n) is 2.06. The Bertz CT molecular complexity index is 554. The summed E-state index contributed by atoms with van der Waals surface area (Å²) < 4.78 is 0. The van der Waals surface area contributed by atoms with Crippen molar-refractivity contribution in [3.8, 4) is 0 Å². The Morgan fingerprint density at radius 1 is 1.00 bits per heavy atom. The first kappa shape index (κ1) is 15.8. The van der Waals surface area contributed by atoms with Gasteiger partial charge in [0.2, 0.25) is 0 Å². The lowest BCUT2D eigenvalue weighted by Crippen LogP contribution is -2.17. The highest BCUT2D eigenvalue weighted by Crippen LogP contribution is 2.32. The van der Waals surface area contributed by atoms with Crippen molar-refractivity contribution in [1.82, 2.24) is 4.90 Å². The number of carbonyl (C=O) groups is 1. The molecule has 0 saturated carbocycles. The zero-order valence-electron chi connectivity index (χ0n) is 12.5. The number of benzene rings is 2. The van der Waals surface area contributed by atoms with Crippen molar-refractivity contribution in [2.75, 3.05) is 26.4 Å². The van der Waals surface area contributed by atoms with Crippen molar-refractivity contribution < 1.29 is 4.79 Å². The van der Waals surface area contributed by atoms with Crippen LogP contribution in [0.15, 0.2) is 60.7 Å². The maximum Gasteiger partial charge on any atom is 0.180 e. The number of Topliss-reactive ketones (excluding diaryl/α,β-unsaturated/α-hetero) is 1. The van der Waals surface area contributed by atoms with Crippen molar-refractivity contribution in [2.45, 2.75) is 5.25 Å². The molecule has 1 unspecified atom stereocenters. The van der Waals surface area contributed by atoms with E-state index < -0.39 is 0 Å². The molecule has 2 aromatic carbocycles. The molecular formula is C18H21NOS. The van der Waals surface area contributed by atoms with Crippen LogP contribution in [0.5, 0.6) is 0 Å². The van der Waals surface area contributed by atoms with E-state index in [4.69, 9.17) is 0 Å². The second-order valence-electron chi connectivity index (χ2n) is 5.20. The smallest absolute Gasteiger partial charge is 0.180 e. The standard InChI is InChI=1S/C18H21NOS/c1-19(2)13-14-21-18(16-11-7-4-8-12-16)17(20)15-9-5-3-6-10-15/h3-12,18H,13-14H2,1-2H3. The summed E-state index contributed by atoms with van der Waals surface area (Å²) >= 11 is 1.71. The molecule has 0 fully saturated rings. The zero-order chi connectivity index (χ0) is 15.1. The lowest BCUT2D eigenvalue weighted by molar-refractivity contribution is 0.0989. The molecular weight excluding hydrogens is 278 g/mol. The maximum absolute atomic E-state index is 12.8. The largest absolute Gasteiger partial charge is 0.309 e. The van der Waals surface area contributed by atoms with E-state index in [0.717, 1.165) is 23.4 Å². The van der Waals surface area contributed by atoms with Gasteiger partial charge in [0.25, 0.3) is 0 Å². The average Bonchev–Trinajstić information content (AvgIpc) is 2.52. The van der Waals surface area contributed by atoms with Crippen LogP contribution in [0, 0.1) is 0 Å². The van der Waals surface area contributed by atoms with Crippen LogP contribution in [0.3, 0.4) is 0 Å². The first-order valence-electron chi connectivity index (χ1n) is 7.09. The number of nitrogens with zero attached hydrogens (tertiary/aromatic N) is 1. The molecule has 0 bridgehead atoms. The van der Waals surface area contributed by atoms with Gasteiger partial charge >= 0.3 is 0 Å². The topological polar surface area (TPSA) is 20.3 Å². The normalized spacial score (nSPS) is 12.3.